The Morgan fingerprint density at radius 2 is 1.52 bits per heavy atom. The van der Waals surface area contributed by atoms with E-state index in [1.54, 1.807) is 0 Å². The van der Waals surface area contributed by atoms with Gasteiger partial charge in [-0.05, 0) is 46.5 Å². The predicted molar refractivity (Wildman–Crippen MR) is 105 cm³/mol. The Kier molecular flexibility index (Phi) is 4.49. The SMILES string of the molecule is CC(c1ccc(Nc2ccc3ccccc3c2)cc1)C(C)(C)C(N)=O. The topological polar surface area (TPSA) is 55.1 Å². The van der Waals surface area contributed by atoms with Gasteiger partial charge in [0.2, 0.25) is 5.91 Å². The largest absolute Gasteiger partial charge is 0.369 e. The third-order valence-electron chi connectivity index (χ3n) is 5.17. The van der Waals surface area contributed by atoms with Gasteiger partial charge in [-0.15, -0.1) is 0 Å². The van der Waals surface area contributed by atoms with Crippen LogP contribution in [0.5, 0.6) is 0 Å². The van der Waals surface area contributed by atoms with Crippen LogP contribution in [0.3, 0.4) is 0 Å². The van der Waals surface area contributed by atoms with Crippen molar-refractivity contribution in [2.75, 3.05) is 5.32 Å². The van der Waals surface area contributed by atoms with Crippen molar-refractivity contribution in [3.05, 3.63) is 72.3 Å². The molecular weight excluding hydrogens is 308 g/mol. The number of rotatable bonds is 5. The lowest BCUT2D eigenvalue weighted by molar-refractivity contribution is -0.126. The minimum absolute atomic E-state index is 0.0553. The first kappa shape index (κ1) is 17.0. The highest BCUT2D eigenvalue weighted by Crippen LogP contribution is 2.35. The van der Waals surface area contributed by atoms with Crippen molar-refractivity contribution in [2.24, 2.45) is 11.1 Å². The molecule has 0 aliphatic heterocycles. The second-order valence-corrected chi connectivity index (χ2v) is 7.12. The molecule has 0 fully saturated rings. The maximum Gasteiger partial charge on any atom is 0.223 e. The number of benzene rings is 3. The third kappa shape index (κ3) is 3.50. The molecule has 3 heteroatoms. The van der Waals surface area contributed by atoms with E-state index in [-0.39, 0.29) is 11.8 Å². The number of carbonyl (C=O) groups excluding carboxylic acids is 1. The van der Waals surface area contributed by atoms with E-state index >= 15 is 0 Å². The minimum atomic E-state index is -0.576. The molecule has 0 bridgehead atoms. The van der Waals surface area contributed by atoms with Crippen LogP contribution in [-0.2, 0) is 4.79 Å². The highest BCUT2D eigenvalue weighted by Gasteiger charge is 2.32. The summed E-state index contributed by atoms with van der Waals surface area (Å²) in [5, 5.41) is 5.87. The first-order valence-electron chi connectivity index (χ1n) is 8.53. The van der Waals surface area contributed by atoms with Gasteiger partial charge in [0.05, 0.1) is 0 Å². The summed E-state index contributed by atoms with van der Waals surface area (Å²) < 4.78 is 0. The molecule has 0 radical (unpaired) electrons. The fourth-order valence-electron chi connectivity index (χ4n) is 2.92. The molecule has 0 saturated carbocycles. The van der Waals surface area contributed by atoms with E-state index in [1.807, 2.05) is 45.0 Å². The summed E-state index contributed by atoms with van der Waals surface area (Å²) in [4.78, 5) is 11.7. The summed E-state index contributed by atoms with van der Waals surface area (Å²) in [6, 6.07) is 22.8. The second-order valence-electron chi connectivity index (χ2n) is 7.12. The summed E-state index contributed by atoms with van der Waals surface area (Å²) in [7, 11) is 0. The molecule has 0 aliphatic rings. The summed E-state index contributed by atoms with van der Waals surface area (Å²) >= 11 is 0. The lowest BCUT2D eigenvalue weighted by atomic mass is 9.75. The Bertz CT molecular complexity index is 897. The Hall–Kier alpha value is -2.81. The molecule has 25 heavy (non-hydrogen) atoms. The molecule has 3 aromatic carbocycles. The quantitative estimate of drug-likeness (QED) is 0.675. The maximum absolute atomic E-state index is 11.7. The molecule has 128 valence electrons. The lowest BCUT2D eigenvalue weighted by Crippen LogP contribution is -2.35. The van der Waals surface area contributed by atoms with Gasteiger partial charge in [0.15, 0.2) is 0 Å². The van der Waals surface area contributed by atoms with Gasteiger partial charge in [0, 0.05) is 16.8 Å². The van der Waals surface area contributed by atoms with Crippen molar-refractivity contribution in [2.45, 2.75) is 26.7 Å². The van der Waals surface area contributed by atoms with E-state index < -0.39 is 5.41 Å². The Morgan fingerprint density at radius 1 is 0.920 bits per heavy atom. The Morgan fingerprint density at radius 3 is 2.16 bits per heavy atom. The molecule has 1 unspecified atom stereocenters. The fourth-order valence-corrected chi connectivity index (χ4v) is 2.92. The summed E-state index contributed by atoms with van der Waals surface area (Å²) in [5.41, 5.74) is 8.13. The fraction of sp³-hybridized carbons (Fsp3) is 0.227. The van der Waals surface area contributed by atoms with Gasteiger partial charge in [-0.1, -0.05) is 63.2 Å². The van der Waals surface area contributed by atoms with Crippen molar-refractivity contribution in [1.29, 1.82) is 0 Å². The van der Waals surface area contributed by atoms with Crippen molar-refractivity contribution in [3.8, 4) is 0 Å². The standard InChI is InChI=1S/C22H24N2O/c1-15(22(2,3)21(23)25)16-8-11-19(12-9-16)24-20-13-10-17-6-4-5-7-18(17)14-20/h4-15,24H,1-3H3,(H2,23,25). The summed E-state index contributed by atoms with van der Waals surface area (Å²) in [6.45, 7) is 5.82. The number of hydrogen-bond acceptors (Lipinski definition) is 2. The molecule has 0 spiro atoms. The maximum atomic E-state index is 11.7. The molecule has 3 rings (SSSR count). The zero-order valence-electron chi connectivity index (χ0n) is 14.9. The molecular formula is C22H24N2O. The van der Waals surface area contributed by atoms with Crippen LogP contribution >= 0.6 is 0 Å². The average Bonchev–Trinajstić information content (AvgIpc) is 2.61. The number of hydrogen-bond donors (Lipinski definition) is 2. The van der Waals surface area contributed by atoms with Gasteiger partial charge in [0.1, 0.15) is 0 Å². The number of anilines is 2. The van der Waals surface area contributed by atoms with E-state index in [4.69, 9.17) is 5.73 Å². The highest BCUT2D eigenvalue weighted by molar-refractivity contribution is 5.86. The van der Waals surface area contributed by atoms with Crippen LogP contribution in [0.15, 0.2) is 66.7 Å². The van der Waals surface area contributed by atoms with Crippen molar-refractivity contribution >= 4 is 28.1 Å². The zero-order valence-corrected chi connectivity index (χ0v) is 14.9. The van der Waals surface area contributed by atoms with Gasteiger partial charge in [-0.2, -0.15) is 0 Å². The number of nitrogens with two attached hydrogens (primary N) is 1. The summed E-state index contributed by atoms with van der Waals surface area (Å²) in [5.74, 6) is -0.224. The number of primary amides is 1. The molecule has 1 amide bonds. The van der Waals surface area contributed by atoms with E-state index in [9.17, 15) is 4.79 Å². The van der Waals surface area contributed by atoms with Gasteiger partial charge < -0.3 is 11.1 Å². The molecule has 0 heterocycles. The van der Waals surface area contributed by atoms with Crippen molar-refractivity contribution in [1.82, 2.24) is 0 Å². The minimum Gasteiger partial charge on any atom is -0.369 e. The van der Waals surface area contributed by atoms with Gasteiger partial charge in [0.25, 0.3) is 0 Å². The molecule has 0 aliphatic carbocycles. The molecule has 1 atom stereocenters. The number of fused-ring (bicyclic) bond motifs is 1. The molecule has 3 aromatic rings. The Labute approximate surface area is 148 Å². The summed E-state index contributed by atoms with van der Waals surface area (Å²) in [6.07, 6.45) is 0. The van der Waals surface area contributed by atoms with Gasteiger partial charge in [-0.25, -0.2) is 0 Å². The van der Waals surface area contributed by atoms with Crippen LogP contribution < -0.4 is 11.1 Å². The molecule has 3 N–H and O–H groups in total. The number of carbonyl (C=O) groups is 1. The number of amides is 1. The molecule has 0 saturated heterocycles. The molecule has 3 nitrogen and oxygen atoms in total. The van der Waals surface area contributed by atoms with Crippen molar-refractivity contribution in [3.63, 3.8) is 0 Å². The second kappa shape index (κ2) is 6.60. The van der Waals surface area contributed by atoms with Crippen LogP contribution in [0.2, 0.25) is 0 Å². The lowest BCUT2D eigenvalue weighted by Gasteiger charge is -2.28. The average molecular weight is 332 g/mol. The molecule has 0 aromatic heterocycles. The highest BCUT2D eigenvalue weighted by atomic mass is 16.1. The monoisotopic (exact) mass is 332 g/mol. The van der Waals surface area contributed by atoms with Crippen molar-refractivity contribution < 1.29 is 4.79 Å². The smallest absolute Gasteiger partial charge is 0.223 e. The third-order valence-corrected chi connectivity index (χ3v) is 5.17. The number of nitrogens with one attached hydrogen (secondary N) is 1. The van der Waals surface area contributed by atoms with Gasteiger partial charge in [-0.3, -0.25) is 4.79 Å². The first-order valence-corrected chi connectivity index (χ1v) is 8.53. The normalized spacial score (nSPS) is 12.8. The van der Waals surface area contributed by atoms with E-state index in [2.05, 4.69) is 47.8 Å². The zero-order chi connectivity index (χ0) is 18.0. The van der Waals surface area contributed by atoms with Crippen LogP contribution in [0.1, 0.15) is 32.3 Å². The Balaban J connectivity index is 1.79. The van der Waals surface area contributed by atoms with Crippen LogP contribution in [0, 0.1) is 5.41 Å². The predicted octanol–water partition coefficient (Wildman–Crippen LogP) is 5.20. The van der Waals surface area contributed by atoms with E-state index in [0.717, 1.165) is 16.9 Å². The van der Waals surface area contributed by atoms with Crippen LogP contribution in [-0.4, -0.2) is 5.91 Å². The van der Waals surface area contributed by atoms with Gasteiger partial charge >= 0.3 is 0 Å². The van der Waals surface area contributed by atoms with Crippen LogP contribution in [0.25, 0.3) is 10.8 Å². The van der Waals surface area contributed by atoms with Crippen LogP contribution in [0.4, 0.5) is 11.4 Å². The van der Waals surface area contributed by atoms with E-state index in [1.165, 1.54) is 10.8 Å². The first-order chi connectivity index (χ1) is 11.9. The van der Waals surface area contributed by atoms with E-state index in [0.29, 0.717) is 0 Å².